The van der Waals surface area contributed by atoms with Crippen LogP contribution in [0.15, 0.2) is 46.9 Å². The van der Waals surface area contributed by atoms with E-state index in [0.29, 0.717) is 22.7 Å². The minimum absolute atomic E-state index is 0.229. The minimum atomic E-state index is -0.229. The van der Waals surface area contributed by atoms with Crippen molar-refractivity contribution in [3.05, 3.63) is 63.1 Å². The van der Waals surface area contributed by atoms with Gasteiger partial charge in [0.2, 0.25) is 0 Å². The molecule has 0 heterocycles. The molecule has 0 radical (unpaired) electrons. The quantitative estimate of drug-likeness (QED) is 0.891. The van der Waals surface area contributed by atoms with Crippen molar-refractivity contribution < 1.29 is 4.79 Å². The van der Waals surface area contributed by atoms with Crippen LogP contribution in [0, 0.1) is 11.3 Å². The Labute approximate surface area is 130 Å². The molecule has 0 saturated carbocycles. The van der Waals surface area contributed by atoms with Crippen LogP contribution in [0.4, 0.5) is 5.69 Å². The summed E-state index contributed by atoms with van der Waals surface area (Å²) >= 11 is 9.24. The molecular weight excluding hydrogens is 340 g/mol. The summed E-state index contributed by atoms with van der Waals surface area (Å²) < 4.78 is 0.747. The molecule has 5 heteroatoms. The molecule has 0 aliphatic rings. The number of benzene rings is 2. The summed E-state index contributed by atoms with van der Waals surface area (Å²) in [5.74, 6) is -0.229. The van der Waals surface area contributed by atoms with Gasteiger partial charge in [0.25, 0.3) is 5.91 Å². The predicted molar refractivity (Wildman–Crippen MR) is 82.9 cm³/mol. The van der Waals surface area contributed by atoms with Gasteiger partial charge in [-0.05, 0) is 51.8 Å². The molecule has 0 fully saturated rings. The van der Waals surface area contributed by atoms with Crippen molar-refractivity contribution in [3.63, 3.8) is 0 Å². The van der Waals surface area contributed by atoms with Crippen molar-refractivity contribution in [1.82, 2.24) is 0 Å². The number of nitrogens with zero attached hydrogens (tertiary/aromatic N) is 1. The fraction of sp³-hybridized carbons (Fsp3) is 0.0667. The molecule has 2 aromatic rings. The highest BCUT2D eigenvalue weighted by molar-refractivity contribution is 9.10. The Bertz CT molecular complexity index is 677. The SMILES string of the molecule is N#CCc1ccc(NC(=O)c2ccc(Br)c(Cl)c2)cc1. The standard InChI is InChI=1S/C15H10BrClN2O/c16-13-6-3-11(9-14(13)17)15(20)19-12-4-1-10(2-5-12)7-8-18/h1-6,9H,7H2,(H,19,20). The lowest BCUT2D eigenvalue weighted by molar-refractivity contribution is 0.102. The summed E-state index contributed by atoms with van der Waals surface area (Å²) in [7, 11) is 0. The molecule has 0 bridgehead atoms. The van der Waals surface area contributed by atoms with Crippen molar-refractivity contribution in [2.45, 2.75) is 6.42 Å². The number of hydrogen-bond donors (Lipinski definition) is 1. The molecule has 0 saturated heterocycles. The highest BCUT2D eigenvalue weighted by Gasteiger charge is 2.08. The average Bonchev–Trinajstić information content (AvgIpc) is 2.44. The summed E-state index contributed by atoms with van der Waals surface area (Å²) in [6.07, 6.45) is 0.358. The molecule has 2 rings (SSSR count). The number of carbonyl (C=O) groups excluding carboxylic acids is 1. The Hall–Kier alpha value is -1.83. The molecule has 20 heavy (non-hydrogen) atoms. The molecule has 0 atom stereocenters. The monoisotopic (exact) mass is 348 g/mol. The fourth-order valence-electron chi connectivity index (χ4n) is 1.64. The number of nitriles is 1. The fourth-order valence-corrected chi connectivity index (χ4v) is 2.07. The van der Waals surface area contributed by atoms with Crippen LogP contribution in [-0.2, 0) is 6.42 Å². The van der Waals surface area contributed by atoms with Gasteiger partial charge in [-0.3, -0.25) is 4.79 Å². The summed E-state index contributed by atoms with van der Waals surface area (Å²) in [6.45, 7) is 0. The Kier molecular flexibility index (Phi) is 4.78. The molecule has 3 nitrogen and oxygen atoms in total. The largest absolute Gasteiger partial charge is 0.322 e. The van der Waals surface area contributed by atoms with E-state index in [-0.39, 0.29) is 5.91 Å². The number of amides is 1. The topological polar surface area (TPSA) is 52.9 Å². The van der Waals surface area contributed by atoms with Gasteiger partial charge in [0.05, 0.1) is 17.5 Å². The first-order valence-corrected chi connectivity index (χ1v) is 6.99. The molecule has 0 spiro atoms. The zero-order valence-corrected chi connectivity index (χ0v) is 12.7. The van der Waals surface area contributed by atoms with Gasteiger partial charge in [-0.15, -0.1) is 0 Å². The zero-order valence-electron chi connectivity index (χ0n) is 10.4. The van der Waals surface area contributed by atoms with Crippen molar-refractivity contribution in [3.8, 4) is 6.07 Å². The number of rotatable bonds is 3. The second-order valence-corrected chi connectivity index (χ2v) is 5.38. The average molecular weight is 350 g/mol. The summed E-state index contributed by atoms with van der Waals surface area (Å²) in [5, 5.41) is 11.9. The van der Waals surface area contributed by atoms with Crippen LogP contribution >= 0.6 is 27.5 Å². The molecule has 100 valence electrons. The van der Waals surface area contributed by atoms with Crippen LogP contribution in [0.1, 0.15) is 15.9 Å². The zero-order chi connectivity index (χ0) is 14.5. The van der Waals surface area contributed by atoms with Gasteiger partial charge >= 0.3 is 0 Å². The van der Waals surface area contributed by atoms with Crippen molar-refractivity contribution in [2.24, 2.45) is 0 Å². The van der Waals surface area contributed by atoms with Gasteiger partial charge in [-0.1, -0.05) is 23.7 Å². The van der Waals surface area contributed by atoms with E-state index in [1.54, 1.807) is 30.3 Å². The lowest BCUT2D eigenvalue weighted by Crippen LogP contribution is -2.11. The van der Waals surface area contributed by atoms with E-state index >= 15 is 0 Å². The maximum Gasteiger partial charge on any atom is 0.255 e. The maximum absolute atomic E-state index is 12.1. The Morgan fingerprint density at radius 1 is 1.25 bits per heavy atom. The lowest BCUT2D eigenvalue weighted by Gasteiger charge is -2.06. The molecule has 0 aromatic heterocycles. The Morgan fingerprint density at radius 3 is 2.55 bits per heavy atom. The first-order valence-electron chi connectivity index (χ1n) is 5.82. The van der Waals surface area contributed by atoms with E-state index in [4.69, 9.17) is 16.9 Å². The van der Waals surface area contributed by atoms with E-state index in [9.17, 15) is 4.79 Å². The molecule has 0 aliphatic heterocycles. The first kappa shape index (κ1) is 14.6. The van der Waals surface area contributed by atoms with Crippen molar-refractivity contribution >= 4 is 39.1 Å². The molecule has 1 amide bonds. The van der Waals surface area contributed by atoms with Crippen LogP contribution in [0.25, 0.3) is 0 Å². The van der Waals surface area contributed by atoms with Gasteiger partial charge in [-0.25, -0.2) is 0 Å². The third-order valence-corrected chi connectivity index (χ3v) is 3.91. The number of halogens is 2. The molecule has 1 N–H and O–H groups in total. The van der Waals surface area contributed by atoms with Crippen molar-refractivity contribution in [2.75, 3.05) is 5.32 Å². The lowest BCUT2D eigenvalue weighted by atomic mass is 10.1. The second kappa shape index (κ2) is 6.56. The highest BCUT2D eigenvalue weighted by Crippen LogP contribution is 2.23. The Morgan fingerprint density at radius 2 is 1.95 bits per heavy atom. The molecule has 2 aromatic carbocycles. The van der Waals surface area contributed by atoms with E-state index in [1.807, 2.05) is 12.1 Å². The van der Waals surface area contributed by atoms with E-state index in [0.717, 1.165) is 10.0 Å². The van der Waals surface area contributed by atoms with Crippen LogP contribution < -0.4 is 5.32 Å². The maximum atomic E-state index is 12.1. The van der Waals surface area contributed by atoms with Gasteiger partial charge in [0.1, 0.15) is 0 Å². The number of nitrogens with one attached hydrogen (secondary N) is 1. The van der Waals surface area contributed by atoms with E-state index in [1.165, 1.54) is 0 Å². The Balaban J connectivity index is 2.11. The number of hydrogen-bond acceptors (Lipinski definition) is 2. The second-order valence-electron chi connectivity index (χ2n) is 4.11. The summed E-state index contributed by atoms with van der Waals surface area (Å²) in [4.78, 5) is 12.1. The molecule has 0 aliphatic carbocycles. The third-order valence-electron chi connectivity index (χ3n) is 2.68. The number of anilines is 1. The van der Waals surface area contributed by atoms with Crippen LogP contribution in [0.2, 0.25) is 5.02 Å². The van der Waals surface area contributed by atoms with Gasteiger partial charge in [-0.2, -0.15) is 5.26 Å². The third kappa shape index (κ3) is 3.60. The van der Waals surface area contributed by atoms with E-state index < -0.39 is 0 Å². The summed E-state index contributed by atoms with van der Waals surface area (Å²) in [5.41, 5.74) is 2.08. The first-order chi connectivity index (χ1) is 9.60. The molecule has 0 unspecified atom stereocenters. The van der Waals surface area contributed by atoms with E-state index in [2.05, 4.69) is 27.3 Å². The van der Waals surface area contributed by atoms with Gasteiger partial charge in [0, 0.05) is 15.7 Å². The highest BCUT2D eigenvalue weighted by atomic mass is 79.9. The summed E-state index contributed by atoms with van der Waals surface area (Å²) in [6, 6.07) is 14.3. The van der Waals surface area contributed by atoms with Crippen LogP contribution in [-0.4, -0.2) is 5.91 Å². The van der Waals surface area contributed by atoms with Gasteiger partial charge < -0.3 is 5.32 Å². The minimum Gasteiger partial charge on any atom is -0.322 e. The van der Waals surface area contributed by atoms with Crippen molar-refractivity contribution in [1.29, 1.82) is 5.26 Å². The number of carbonyl (C=O) groups is 1. The normalized spacial score (nSPS) is 9.85. The van der Waals surface area contributed by atoms with Crippen LogP contribution in [0.3, 0.4) is 0 Å². The van der Waals surface area contributed by atoms with Gasteiger partial charge in [0.15, 0.2) is 0 Å². The predicted octanol–water partition coefficient (Wildman–Crippen LogP) is 4.42. The molecular formula is C15H10BrClN2O. The van der Waals surface area contributed by atoms with Crippen LogP contribution in [0.5, 0.6) is 0 Å². The smallest absolute Gasteiger partial charge is 0.255 e.